The number of hydrogen-bond acceptors (Lipinski definition) is 19. The van der Waals surface area contributed by atoms with Crippen LogP contribution in [0.2, 0.25) is 0 Å². The van der Waals surface area contributed by atoms with E-state index in [1.165, 1.54) is 24.3 Å². The number of fused-ring (bicyclic) bond motifs is 1. The van der Waals surface area contributed by atoms with Gasteiger partial charge in [0.15, 0.2) is 53.9 Å². The Morgan fingerprint density at radius 3 is 2.17 bits per heavy atom. The molecule has 11 unspecified atom stereocenters. The molecule has 0 aliphatic carbocycles. The van der Waals surface area contributed by atoms with Gasteiger partial charge in [-0.2, -0.15) is 0 Å². The summed E-state index contributed by atoms with van der Waals surface area (Å²) in [6.07, 6.45) is -17.6. The fourth-order valence-electron chi connectivity index (χ4n) is 6.10. The second kappa shape index (κ2) is 15.6. The van der Waals surface area contributed by atoms with Gasteiger partial charge in [0.2, 0.25) is 5.78 Å². The average molecular weight is 761 g/mol. The van der Waals surface area contributed by atoms with E-state index >= 15 is 0 Å². The van der Waals surface area contributed by atoms with E-state index in [1.807, 2.05) is 0 Å². The first kappa shape index (κ1) is 38.5. The zero-order chi connectivity index (χ0) is 39.0. The lowest BCUT2D eigenvalue weighted by Gasteiger charge is -2.46. The van der Waals surface area contributed by atoms with Gasteiger partial charge in [-0.25, -0.2) is 4.79 Å². The van der Waals surface area contributed by atoms with Crippen molar-refractivity contribution in [2.75, 3.05) is 13.2 Å². The molecule has 19 nitrogen and oxygen atoms in total. The van der Waals surface area contributed by atoms with Crippen LogP contribution in [0.1, 0.15) is 27.6 Å². The molecule has 2 saturated heterocycles. The van der Waals surface area contributed by atoms with Crippen molar-refractivity contribution in [1.29, 1.82) is 0 Å². The van der Waals surface area contributed by atoms with Gasteiger partial charge in [0.05, 0.1) is 13.2 Å². The second-order valence-corrected chi connectivity index (χ2v) is 12.6. The van der Waals surface area contributed by atoms with Crippen LogP contribution in [0.4, 0.5) is 0 Å². The van der Waals surface area contributed by atoms with E-state index in [0.29, 0.717) is 0 Å². The summed E-state index contributed by atoms with van der Waals surface area (Å²) in [7, 11) is 0. The van der Waals surface area contributed by atoms with Crippen molar-refractivity contribution >= 4 is 17.8 Å². The number of aromatic hydroxyl groups is 6. The van der Waals surface area contributed by atoms with Gasteiger partial charge in [-0.3, -0.25) is 4.79 Å². The first-order valence-electron chi connectivity index (χ1n) is 16.3. The van der Waals surface area contributed by atoms with Gasteiger partial charge in [0, 0.05) is 18.2 Å². The molecule has 54 heavy (non-hydrogen) atoms. The third-order valence-electron chi connectivity index (χ3n) is 8.92. The highest BCUT2D eigenvalue weighted by atomic mass is 16.8. The highest BCUT2D eigenvalue weighted by Gasteiger charge is 2.53. The number of phenolic OH excluding ortho intramolecular Hbond substituents is 6. The maximum Gasteiger partial charge on any atom is 0.331 e. The first-order chi connectivity index (χ1) is 25.7. The molecule has 3 aromatic rings. The third-order valence-corrected chi connectivity index (χ3v) is 8.92. The molecule has 6 rings (SSSR count). The van der Waals surface area contributed by atoms with E-state index in [-0.39, 0.29) is 16.9 Å². The molecule has 11 atom stereocenters. The monoisotopic (exact) mass is 760 g/mol. The molecule has 19 heteroatoms. The predicted octanol–water partition coefficient (Wildman–Crippen LogP) is -0.851. The number of benzene rings is 3. The number of carbonyl (C=O) groups excluding carboxylic acids is 2. The lowest BCUT2D eigenvalue weighted by Crippen LogP contribution is -2.64. The Kier molecular flexibility index (Phi) is 11.1. The molecule has 11 N–H and O–H groups in total. The molecule has 2 fully saturated rings. The summed E-state index contributed by atoms with van der Waals surface area (Å²) in [5.74, 6) is -5.56. The van der Waals surface area contributed by atoms with Gasteiger partial charge in [0.25, 0.3) is 0 Å². The van der Waals surface area contributed by atoms with Crippen molar-refractivity contribution in [2.24, 2.45) is 0 Å². The van der Waals surface area contributed by atoms with Crippen LogP contribution < -0.4 is 4.74 Å². The number of hydrogen-bond donors (Lipinski definition) is 11. The van der Waals surface area contributed by atoms with Gasteiger partial charge in [-0.1, -0.05) is 12.1 Å². The van der Waals surface area contributed by atoms with Crippen LogP contribution in [0, 0.1) is 0 Å². The van der Waals surface area contributed by atoms with Crippen molar-refractivity contribution in [1.82, 2.24) is 0 Å². The number of aliphatic hydroxyl groups is 5. The topological polar surface area (TPSA) is 312 Å². The van der Waals surface area contributed by atoms with Crippen molar-refractivity contribution in [3.63, 3.8) is 0 Å². The third kappa shape index (κ3) is 7.71. The quantitative estimate of drug-likeness (QED) is 0.0719. The fourth-order valence-corrected chi connectivity index (χ4v) is 6.10. The Bertz CT molecular complexity index is 1900. The number of Topliss-reactive ketones (excluding diaryl/α,β-unsaturated/α-hetero) is 1. The highest BCUT2D eigenvalue weighted by Crippen LogP contribution is 2.45. The van der Waals surface area contributed by atoms with E-state index in [2.05, 4.69) is 0 Å². The molecular formula is C35H36O19. The summed E-state index contributed by atoms with van der Waals surface area (Å²) in [6.45, 7) is -1.46. The van der Waals surface area contributed by atoms with Crippen molar-refractivity contribution in [3.05, 3.63) is 71.3 Å². The van der Waals surface area contributed by atoms with Crippen molar-refractivity contribution in [3.8, 4) is 40.2 Å². The Labute approximate surface area is 304 Å². The summed E-state index contributed by atoms with van der Waals surface area (Å²) in [4.78, 5) is 26.9. The molecule has 0 aromatic heterocycles. The molecule has 0 amide bonds. The van der Waals surface area contributed by atoms with E-state index in [4.69, 9.17) is 28.4 Å². The zero-order valence-electron chi connectivity index (χ0n) is 27.7. The number of ketones is 1. The number of esters is 1. The van der Waals surface area contributed by atoms with Gasteiger partial charge >= 0.3 is 5.97 Å². The number of phenols is 6. The minimum Gasteiger partial charge on any atom is -0.508 e. The Morgan fingerprint density at radius 1 is 0.778 bits per heavy atom. The smallest absolute Gasteiger partial charge is 0.331 e. The molecule has 290 valence electrons. The average Bonchev–Trinajstić information content (AvgIpc) is 3.13. The SMILES string of the molecule is O=C(C=Cc1ccc(O)c(O)c1)OC1C(OC2C(OC3C(=O)c4c(O)cc(O)cc4OC3c3ccc(O)c(O)c3)OC(CO)C(O)C2O)OCC(O)C1O. The summed E-state index contributed by atoms with van der Waals surface area (Å²) in [5, 5.41) is 113. The molecule has 3 aromatic carbocycles. The summed E-state index contributed by atoms with van der Waals surface area (Å²) in [6, 6.07) is 8.97. The number of aliphatic hydroxyl groups excluding tert-OH is 5. The standard InChI is InChI=1S/C35H36O19/c36-11-23-27(46)29(48)33(54-34-32(26(45)21(43)12-49-34)52-24(44)6-2-13-1-4-16(38)18(40)7-13)35(51-23)53-31-28(47)25-20(42)9-15(37)10-22(25)50-30(31)14-3-5-17(39)19(41)8-14/h1-10,21,23,26-27,29-43,45-46,48H,11-12H2. The molecule has 0 saturated carbocycles. The number of carbonyl (C=O) groups is 2. The molecular weight excluding hydrogens is 724 g/mol. The van der Waals surface area contributed by atoms with Crippen LogP contribution in [-0.4, -0.2) is 143 Å². The Balaban J connectivity index is 1.30. The van der Waals surface area contributed by atoms with E-state index in [1.54, 1.807) is 0 Å². The second-order valence-electron chi connectivity index (χ2n) is 12.6. The van der Waals surface area contributed by atoms with Crippen molar-refractivity contribution in [2.45, 2.75) is 67.5 Å². The van der Waals surface area contributed by atoms with Gasteiger partial charge in [-0.05, 0) is 41.5 Å². The zero-order valence-corrected chi connectivity index (χ0v) is 27.7. The lowest BCUT2D eigenvalue weighted by molar-refractivity contribution is -0.362. The number of rotatable bonds is 9. The molecule has 3 aliphatic rings. The predicted molar refractivity (Wildman–Crippen MR) is 175 cm³/mol. The van der Waals surface area contributed by atoms with Crippen LogP contribution in [0.3, 0.4) is 0 Å². The fraction of sp³-hybridized carbons (Fsp3) is 0.371. The van der Waals surface area contributed by atoms with E-state index in [0.717, 1.165) is 36.4 Å². The molecule has 0 spiro atoms. The maximum absolute atomic E-state index is 14.0. The first-order valence-corrected chi connectivity index (χ1v) is 16.3. The van der Waals surface area contributed by atoms with Crippen LogP contribution in [0.25, 0.3) is 6.08 Å². The van der Waals surface area contributed by atoms with E-state index < -0.39 is 133 Å². The minimum atomic E-state index is -2.00. The lowest BCUT2D eigenvalue weighted by atomic mass is 9.92. The van der Waals surface area contributed by atoms with Gasteiger partial charge in [-0.15, -0.1) is 0 Å². The van der Waals surface area contributed by atoms with Crippen molar-refractivity contribution < 1.29 is 94.2 Å². The van der Waals surface area contributed by atoms with Crippen LogP contribution in [-0.2, 0) is 28.5 Å². The van der Waals surface area contributed by atoms with E-state index in [9.17, 15) is 65.8 Å². The normalized spacial score (nSPS) is 31.1. The summed E-state index contributed by atoms with van der Waals surface area (Å²) < 4.78 is 34.5. The summed E-state index contributed by atoms with van der Waals surface area (Å²) in [5.41, 5.74) is -0.153. The maximum atomic E-state index is 14.0. The Hall–Kier alpha value is -5.22. The van der Waals surface area contributed by atoms with Gasteiger partial charge in [0.1, 0.15) is 59.4 Å². The minimum absolute atomic E-state index is 0.0278. The van der Waals surface area contributed by atoms with Gasteiger partial charge < -0.3 is 84.6 Å². The van der Waals surface area contributed by atoms with Crippen LogP contribution in [0.15, 0.2) is 54.6 Å². The van der Waals surface area contributed by atoms with Crippen LogP contribution >= 0.6 is 0 Å². The Morgan fingerprint density at radius 2 is 1.48 bits per heavy atom. The van der Waals surface area contributed by atoms with Crippen LogP contribution in [0.5, 0.6) is 40.2 Å². The molecule has 3 heterocycles. The largest absolute Gasteiger partial charge is 0.508 e. The highest BCUT2D eigenvalue weighted by molar-refractivity contribution is 6.05. The molecule has 3 aliphatic heterocycles. The number of ether oxygens (including phenoxy) is 6. The summed E-state index contributed by atoms with van der Waals surface area (Å²) >= 11 is 0. The molecule has 0 radical (unpaired) electrons. The molecule has 0 bridgehead atoms.